The number of hydrogen-bond acceptors (Lipinski definition) is 2. The van der Waals surface area contributed by atoms with E-state index in [1.807, 2.05) is 6.07 Å². The van der Waals surface area contributed by atoms with Gasteiger partial charge in [-0.25, -0.2) is 4.79 Å². The molecule has 1 aromatic rings. The molecule has 4 fully saturated rings. The number of halogens is 1. The van der Waals surface area contributed by atoms with E-state index in [2.05, 4.69) is 48.4 Å². The summed E-state index contributed by atoms with van der Waals surface area (Å²) in [5.74, 6) is 2.53. The van der Waals surface area contributed by atoms with E-state index in [0.29, 0.717) is 0 Å². The lowest BCUT2D eigenvalue weighted by atomic mass is 9.53. The topological polar surface area (TPSA) is 44.4 Å². The van der Waals surface area contributed by atoms with E-state index in [-0.39, 0.29) is 24.0 Å². The molecule has 4 nitrogen and oxygen atoms in total. The van der Waals surface area contributed by atoms with Crippen LogP contribution >= 0.6 is 0 Å². The first-order valence-corrected chi connectivity index (χ1v) is 10.4. The molecule has 4 aliphatic rings. The van der Waals surface area contributed by atoms with Gasteiger partial charge in [0.2, 0.25) is 0 Å². The summed E-state index contributed by atoms with van der Waals surface area (Å²) in [5, 5.41) is 6.52. The maximum Gasteiger partial charge on any atom is 0.319 e. The molecule has 0 unspecified atom stereocenters. The Kier molecular flexibility index (Phi) is 5.95. The largest absolute Gasteiger partial charge is 1.00 e. The highest BCUT2D eigenvalue weighted by atomic mass is 35.5. The molecule has 1 aromatic carbocycles. The van der Waals surface area contributed by atoms with Gasteiger partial charge >= 0.3 is 6.03 Å². The quantitative estimate of drug-likeness (QED) is 0.806. The van der Waals surface area contributed by atoms with Crippen LogP contribution in [0.1, 0.15) is 57.9 Å². The number of benzene rings is 1. The lowest BCUT2D eigenvalue weighted by Gasteiger charge is -2.56. The van der Waals surface area contributed by atoms with Gasteiger partial charge < -0.3 is 27.9 Å². The number of nitrogens with zero attached hydrogens (tertiary/aromatic N) is 1. The molecule has 0 aliphatic heterocycles. The van der Waals surface area contributed by atoms with E-state index >= 15 is 0 Å². The third-order valence-corrected chi connectivity index (χ3v) is 7.00. The summed E-state index contributed by atoms with van der Waals surface area (Å²) in [4.78, 5) is 15.1. The van der Waals surface area contributed by atoms with Crippen LogP contribution in [0.5, 0.6) is 0 Å². The van der Waals surface area contributed by atoms with Crippen molar-refractivity contribution in [3.8, 4) is 0 Å². The second kappa shape index (κ2) is 7.90. The highest BCUT2D eigenvalue weighted by Crippen LogP contribution is 2.55. The van der Waals surface area contributed by atoms with Gasteiger partial charge in [-0.1, -0.05) is 0 Å². The number of carbonyl (C=O) groups excluding carboxylic acids is 1. The van der Waals surface area contributed by atoms with Crippen LogP contribution in [0.4, 0.5) is 16.2 Å². The van der Waals surface area contributed by atoms with Crippen LogP contribution in [0.2, 0.25) is 0 Å². The van der Waals surface area contributed by atoms with Crippen LogP contribution in [0.3, 0.4) is 0 Å². The molecule has 0 saturated heterocycles. The van der Waals surface area contributed by atoms with Gasteiger partial charge in [0.05, 0.1) is 0 Å². The van der Waals surface area contributed by atoms with Gasteiger partial charge in [-0.3, -0.25) is 0 Å². The molecular formula is C22H33ClN3O-. The molecule has 27 heavy (non-hydrogen) atoms. The standard InChI is InChI=1S/C22H33N3O.ClH/c1-4-25(5-2)19-6-7-20(15(3)8-19)23-21(26)24-22-12-16-9-17(13-22)11-18(10-16)14-22;/h6-8,16-18H,4-5,9-14H2,1-3H3,(H2,23,24,26);1H/p-1. The third-order valence-electron chi connectivity index (χ3n) is 7.00. The van der Waals surface area contributed by atoms with Crippen molar-refractivity contribution in [3.63, 3.8) is 0 Å². The predicted molar refractivity (Wildman–Crippen MR) is 108 cm³/mol. The smallest absolute Gasteiger partial charge is 0.319 e. The van der Waals surface area contributed by atoms with E-state index in [1.165, 1.54) is 44.2 Å². The summed E-state index contributed by atoms with van der Waals surface area (Å²) in [5.41, 5.74) is 3.33. The molecule has 0 atom stereocenters. The molecule has 150 valence electrons. The van der Waals surface area contributed by atoms with Crippen molar-refractivity contribution < 1.29 is 17.2 Å². The van der Waals surface area contributed by atoms with Crippen LogP contribution < -0.4 is 27.9 Å². The minimum Gasteiger partial charge on any atom is -1.00 e. The first-order chi connectivity index (χ1) is 12.5. The first kappa shape index (κ1) is 20.3. The van der Waals surface area contributed by atoms with E-state index in [9.17, 15) is 4.79 Å². The Labute approximate surface area is 169 Å². The van der Waals surface area contributed by atoms with Crippen molar-refractivity contribution in [2.75, 3.05) is 23.3 Å². The van der Waals surface area contributed by atoms with Gasteiger partial charge in [0.25, 0.3) is 0 Å². The number of rotatable bonds is 5. The van der Waals surface area contributed by atoms with Crippen molar-refractivity contribution in [1.29, 1.82) is 0 Å². The number of urea groups is 1. The molecule has 4 bridgehead atoms. The van der Waals surface area contributed by atoms with Crippen molar-refractivity contribution in [2.24, 2.45) is 17.8 Å². The Bertz CT molecular complexity index is 651. The molecule has 0 aromatic heterocycles. The lowest BCUT2D eigenvalue weighted by molar-refractivity contribution is -0.0127. The van der Waals surface area contributed by atoms with Crippen molar-refractivity contribution in [3.05, 3.63) is 23.8 Å². The second-order valence-electron chi connectivity index (χ2n) is 8.95. The normalized spacial score (nSPS) is 30.6. The highest BCUT2D eigenvalue weighted by molar-refractivity contribution is 5.91. The first-order valence-electron chi connectivity index (χ1n) is 10.4. The maximum atomic E-state index is 12.7. The molecule has 5 heteroatoms. The summed E-state index contributed by atoms with van der Waals surface area (Å²) in [6.45, 7) is 8.41. The Morgan fingerprint density at radius 3 is 2.11 bits per heavy atom. The zero-order valence-corrected chi connectivity index (χ0v) is 17.6. The van der Waals surface area contributed by atoms with Gasteiger partial charge in [0.1, 0.15) is 0 Å². The number of amides is 2. The van der Waals surface area contributed by atoms with Crippen molar-refractivity contribution >= 4 is 17.4 Å². The number of carbonyl (C=O) groups is 1. The number of hydrogen-bond donors (Lipinski definition) is 2. The van der Waals surface area contributed by atoms with E-state index in [1.54, 1.807) is 0 Å². The molecule has 0 radical (unpaired) electrons. The molecule has 0 spiro atoms. The fourth-order valence-electron chi connectivity index (χ4n) is 6.23. The Balaban J connectivity index is 0.00000210. The fourth-order valence-corrected chi connectivity index (χ4v) is 6.23. The van der Waals surface area contributed by atoms with Crippen LogP contribution in [-0.2, 0) is 0 Å². The van der Waals surface area contributed by atoms with Crippen LogP contribution in [0, 0.1) is 24.7 Å². The summed E-state index contributed by atoms with van der Waals surface area (Å²) in [6, 6.07) is 6.31. The Hall–Kier alpha value is -1.42. The fraction of sp³-hybridized carbons (Fsp3) is 0.682. The molecule has 0 heterocycles. The number of anilines is 2. The highest BCUT2D eigenvalue weighted by Gasteiger charge is 2.51. The molecule has 4 aliphatic carbocycles. The lowest BCUT2D eigenvalue weighted by Crippen LogP contribution is -3.00. The average Bonchev–Trinajstić information content (AvgIpc) is 2.56. The molecule has 5 rings (SSSR count). The van der Waals surface area contributed by atoms with Crippen molar-refractivity contribution in [1.82, 2.24) is 5.32 Å². The minimum absolute atomic E-state index is 0. The summed E-state index contributed by atoms with van der Waals surface area (Å²) < 4.78 is 0. The second-order valence-corrected chi connectivity index (χ2v) is 8.95. The third kappa shape index (κ3) is 4.06. The SMILES string of the molecule is CCN(CC)c1ccc(NC(=O)NC23CC4CC(CC(C4)C2)C3)c(C)c1.[Cl-]. The summed E-state index contributed by atoms with van der Waals surface area (Å²) in [7, 11) is 0. The van der Waals surface area contributed by atoms with E-state index in [0.717, 1.165) is 42.1 Å². The Morgan fingerprint density at radius 1 is 1.07 bits per heavy atom. The van der Waals surface area contributed by atoms with Gasteiger partial charge in [0.15, 0.2) is 0 Å². The van der Waals surface area contributed by atoms with Gasteiger partial charge in [0, 0.05) is 30.0 Å². The molecule has 2 N–H and O–H groups in total. The van der Waals surface area contributed by atoms with Crippen LogP contribution in [0.15, 0.2) is 18.2 Å². The van der Waals surface area contributed by atoms with Gasteiger partial charge in [-0.05, 0) is 101 Å². The number of aryl methyl sites for hydroxylation is 1. The Morgan fingerprint density at radius 2 is 1.63 bits per heavy atom. The monoisotopic (exact) mass is 390 g/mol. The van der Waals surface area contributed by atoms with E-state index < -0.39 is 0 Å². The van der Waals surface area contributed by atoms with Crippen molar-refractivity contribution in [2.45, 2.75) is 64.8 Å². The minimum atomic E-state index is -0.0226. The summed E-state index contributed by atoms with van der Waals surface area (Å²) in [6.07, 6.45) is 7.75. The van der Waals surface area contributed by atoms with Crippen LogP contribution in [0.25, 0.3) is 0 Å². The van der Waals surface area contributed by atoms with Crippen LogP contribution in [-0.4, -0.2) is 24.7 Å². The molecular weight excluding hydrogens is 358 g/mol. The summed E-state index contributed by atoms with van der Waals surface area (Å²) >= 11 is 0. The molecule has 4 saturated carbocycles. The average molecular weight is 391 g/mol. The predicted octanol–water partition coefficient (Wildman–Crippen LogP) is 1.94. The van der Waals surface area contributed by atoms with E-state index in [4.69, 9.17) is 0 Å². The zero-order valence-electron chi connectivity index (χ0n) is 16.9. The van der Waals surface area contributed by atoms with Gasteiger partial charge in [-0.2, -0.15) is 0 Å². The molecule has 2 amide bonds. The maximum absolute atomic E-state index is 12.7. The zero-order chi connectivity index (χ0) is 18.3. The van der Waals surface area contributed by atoms with Gasteiger partial charge in [-0.15, -0.1) is 0 Å². The number of nitrogens with one attached hydrogen (secondary N) is 2.